The Bertz CT molecular complexity index is 529. The monoisotopic (exact) mass is 247 g/mol. The normalized spacial score (nSPS) is 12.4. The highest BCUT2D eigenvalue weighted by molar-refractivity contribution is 5.92. The number of H-pyrrole nitrogens is 1. The number of aromatic amines is 1. The number of carbonyl (C=O) groups excluding carboxylic acids is 1. The summed E-state index contributed by atoms with van der Waals surface area (Å²) in [5.41, 5.74) is 2.55. The average molecular weight is 247 g/mol. The van der Waals surface area contributed by atoms with Crippen LogP contribution in [0.4, 0.5) is 0 Å². The Morgan fingerprint density at radius 2 is 2.33 bits per heavy atom. The fraction of sp³-hybridized carbons (Fsp3) is 0.417. The second-order valence-corrected chi connectivity index (χ2v) is 4.45. The molecule has 0 saturated carbocycles. The molecule has 0 aromatic carbocycles. The lowest BCUT2D eigenvalue weighted by molar-refractivity contribution is 0.0931. The summed E-state index contributed by atoms with van der Waals surface area (Å²) in [5.74, 6) is -0.151. The van der Waals surface area contributed by atoms with Gasteiger partial charge in [-0.25, -0.2) is 4.98 Å². The molecule has 0 radical (unpaired) electrons. The molecule has 2 aromatic heterocycles. The van der Waals surface area contributed by atoms with Crippen LogP contribution in [0.2, 0.25) is 0 Å². The lowest BCUT2D eigenvalue weighted by Gasteiger charge is -2.14. The Balaban J connectivity index is 1.95. The number of aryl methyl sites for hydroxylation is 2. The predicted molar refractivity (Wildman–Crippen MR) is 67.2 cm³/mol. The molecule has 1 unspecified atom stereocenters. The maximum atomic E-state index is 11.8. The summed E-state index contributed by atoms with van der Waals surface area (Å²) >= 11 is 0. The highest BCUT2D eigenvalue weighted by Crippen LogP contribution is 2.03. The SMILES string of the molecule is Cc1cc(C)n(CC(C)NC(=O)c2cnc[nH]2)n1. The smallest absolute Gasteiger partial charge is 0.269 e. The molecular weight excluding hydrogens is 230 g/mol. The summed E-state index contributed by atoms with van der Waals surface area (Å²) in [6.07, 6.45) is 2.99. The summed E-state index contributed by atoms with van der Waals surface area (Å²) in [4.78, 5) is 18.4. The van der Waals surface area contributed by atoms with Crippen LogP contribution >= 0.6 is 0 Å². The van der Waals surface area contributed by atoms with Crippen LogP contribution in [0.5, 0.6) is 0 Å². The summed E-state index contributed by atoms with van der Waals surface area (Å²) in [6.45, 7) is 6.56. The fourth-order valence-corrected chi connectivity index (χ4v) is 1.85. The number of carbonyl (C=O) groups is 1. The van der Waals surface area contributed by atoms with Gasteiger partial charge in [-0.2, -0.15) is 5.10 Å². The van der Waals surface area contributed by atoms with Gasteiger partial charge in [0.15, 0.2) is 0 Å². The minimum atomic E-state index is -0.151. The van der Waals surface area contributed by atoms with E-state index >= 15 is 0 Å². The van der Waals surface area contributed by atoms with E-state index in [1.807, 2.05) is 31.5 Å². The minimum Gasteiger partial charge on any atom is -0.346 e. The van der Waals surface area contributed by atoms with Gasteiger partial charge in [0.05, 0.1) is 24.8 Å². The van der Waals surface area contributed by atoms with Crippen molar-refractivity contribution in [2.75, 3.05) is 0 Å². The van der Waals surface area contributed by atoms with Crippen LogP contribution in [0.1, 0.15) is 28.8 Å². The van der Waals surface area contributed by atoms with E-state index in [1.165, 1.54) is 12.5 Å². The minimum absolute atomic E-state index is 0.00111. The van der Waals surface area contributed by atoms with Crippen LogP contribution in [-0.2, 0) is 6.54 Å². The van der Waals surface area contributed by atoms with Crippen molar-refractivity contribution in [1.29, 1.82) is 0 Å². The Labute approximate surface area is 105 Å². The molecule has 1 atom stereocenters. The molecular formula is C12H17N5O. The topological polar surface area (TPSA) is 75.6 Å². The van der Waals surface area contributed by atoms with Gasteiger partial charge in [-0.1, -0.05) is 0 Å². The maximum Gasteiger partial charge on any atom is 0.269 e. The molecule has 0 bridgehead atoms. The molecule has 2 N–H and O–H groups in total. The van der Waals surface area contributed by atoms with Crippen molar-refractivity contribution in [3.05, 3.63) is 35.7 Å². The van der Waals surface area contributed by atoms with E-state index in [0.29, 0.717) is 12.2 Å². The van der Waals surface area contributed by atoms with E-state index in [1.54, 1.807) is 0 Å². The lowest BCUT2D eigenvalue weighted by Crippen LogP contribution is -2.36. The number of nitrogens with zero attached hydrogens (tertiary/aromatic N) is 3. The van der Waals surface area contributed by atoms with Crippen molar-refractivity contribution in [2.45, 2.75) is 33.4 Å². The molecule has 0 aliphatic carbocycles. The zero-order chi connectivity index (χ0) is 13.1. The van der Waals surface area contributed by atoms with Gasteiger partial charge in [-0.05, 0) is 26.8 Å². The number of hydrogen-bond acceptors (Lipinski definition) is 3. The van der Waals surface area contributed by atoms with E-state index in [0.717, 1.165) is 11.4 Å². The molecule has 0 saturated heterocycles. The first kappa shape index (κ1) is 12.3. The van der Waals surface area contributed by atoms with Crippen LogP contribution in [0.15, 0.2) is 18.6 Å². The van der Waals surface area contributed by atoms with Crippen molar-refractivity contribution in [3.63, 3.8) is 0 Å². The van der Waals surface area contributed by atoms with Gasteiger partial charge in [0.25, 0.3) is 5.91 Å². The van der Waals surface area contributed by atoms with E-state index in [9.17, 15) is 4.79 Å². The molecule has 2 heterocycles. The first-order valence-corrected chi connectivity index (χ1v) is 5.86. The quantitative estimate of drug-likeness (QED) is 0.847. The third-order valence-corrected chi connectivity index (χ3v) is 2.67. The zero-order valence-corrected chi connectivity index (χ0v) is 10.8. The van der Waals surface area contributed by atoms with Crippen molar-refractivity contribution >= 4 is 5.91 Å². The predicted octanol–water partition coefficient (Wildman–Crippen LogP) is 1.04. The van der Waals surface area contributed by atoms with Crippen LogP contribution in [-0.4, -0.2) is 31.7 Å². The molecule has 0 aliphatic rings. The Kier molecular flexibility index (Phi) is 3.45. The van der Waals surface area contributed by atoms with Crippen LogP contribution in [0, 0.1) is 13.8 Å². The molecule has 2 rings (SSSR count). The second-order valence-electron chi connectivity index (χ2n) is 4.45. The first-order valence-electron chi connectivity index (χ1n) is 5.86. The number of aromatic nitrogens is 4. The number of hydrogen-bond donors (Lipinski definition) is 2. The van der Waals surface area contributed by atoms with Crippen molar-refractivity contribution < 1.29 is 4.79 Å². The van der Waals surface area contributed by atoms with Crippen molar-refractivity contribution in [2.24, 2.45) is 0 Å². The third kappa shape index (κ3) is 2.77. The second kappa shape index (κ2) is 5.03. The molecule has 0 aliphatic heterocycles. The van der Waals surface area contributed by atoms with Crippen LogP contribution < -0.4 is 5.32 Å². The van der Waals surface area contributed by atoms with Gasteiger partial charge in [-0.15, -0.1) is 0 Å². The standard InChI is InChI=1S/C12H17N5O/c1-8-4-10(3)17(16-8)6-9(2)15-12(18)11-5-13-7-14-11/h4-5,7,9H,6H2,1-3H3,(H,13,14)(H,15,18). The third-order valence-electron chi connectivity index (χ3n) is 2.67. The van der Waals surface area contributed by atoms with Crippen molar-refractivity contribution in [1.82, 2.24) is 25.1 Å². The van der Waals surface area contributed by atoms with E-state index < -0.39 is 0 Å². The molecule has 0 fully saturated rings. The summed E-state index contributed by atoms with van der Waals surface area (Å²) in [7, 11) is 0. The zero-order valence-electron chi connectivity index (χ0n) is 10.8. The van der Waals surface area contributed by atoms with Crippen molar-refractivity contribution in [3.8, 4) is 0 Å². The Morgan fingerprint density at radius 1 is 1.56 bits per heavy atom. The maximum absolute atomic E-state index is 11.8. The average Bonchev–Trinajstić information content (AvgIpc) is 2.89. The fourth-order valence-electron chi connectivity index (χ4n) is 1.85. The molecule has 6 heteroatoms. The Morgan fingerprint density at radius 3 is 2.89 bits per heavy atom. The summed E-state index contributed by atoms with van der Waals surface area (Å²) in [5, 5.41) is 7.26. The number of nitrogens with one attached hydrogen (secondary N) is 2. The number of imidazole rings is 1. The van der Waals surface area contributed by atoms with E-state index in [4.69, 9.17) is 0 Å². The van der Waals surface area contributed by atoms with Gasteiger partial charge in [0.1, 0.15) is 5.69 Å². The molecule has 96 valence electrons. The van der Waals surface area contributed by atoms with Gasteiger partial charge in [-0.3, -0.25) is 9.48 Å². The molecule has 18 heavy (non-hydrogen) atoms. The van der Waals surface area contributed by atoms with Gasteiger partial charge >= 0.3 is 0 Å². The molecule has 2 aromatic rings. The van der Waals surface area contributed by atoms with Gasteiger partial charge in [0, 0.05) is 11.7 Å². The molecule has 6 nitrogen and oxygen atoms in total. The highest BCUT2D eigenvalue weighted by atomic mass is 16.2. The van der Waals surface area contributed by atoms with Crippen LogP contribution in [0.25, 0.3) is 0 Å². The molecule has 0 spiro atoms. The van der Waals surface area contributed by atoms with E-state index in [-0.39, 0.29) is 11.9 Å². The summed E-state index contributed by atoms with van der Waals surface area (Å²) < 4.78 is 1.90. The highest BCUT2D eigenvalue weighted by Gasteiger charge is 2.12. The molecule has 1 amide bonds. The van der Waals surface area contributed by atoms with Gasteiger partial charge in [0.2, 0.25) is 0 Å². The lowest BCUT2D eigenvalue weighted by atomic mass is 10.3. The summed E-state index contributed by atoms with van der Waals surface area (Å²) in [6, 6.07) is 2.02. The first-order chi connectivity index (χ1) is 8.56. The van der Waals surface area contributed by atoms with Crippen LogP contribution in [0.3, 0.4) is 0 Å². The Hall–Kier alpha value is -2.11. The number of amides is 1. The van der Waals surface area contributed by atoms with Gasteiger partial charge < -0.3 is 10.3 Å². The largest absolute Gasteiger partial charge is 0.346 e. The van der Waals surface area contributed by atoms with E-state index in [2.05, 4.69) is 20.4 Å². The number of rotatable bonds is 4.